The van der Waals surface area contributed by atoms with Crippen LogP contribution in [0.4, 0.5) is 0 Å². The van der Waals surface area contributed by atoms with Gasteiger partial charge in [0, 0.05) is 50.0 Å². The lowest BCUT2D eigenvalue weighted by molar-refractivity contribution is -0.131. The summed E-state index contributed by atoms with van der Waals surface area (Å²) in [6.07, 6.45) is 1.61. The molecule has 1 aliphatic heterocycles. The van der Waals surface area contributed by atoms with Crippen LogP contribution >= 0.6 is 0 Å². The smallest absolute Gasteiger partial charge is 0.308 e. The molecule has 0 saturated carbocycles. The van der Waals surface area contributed by atoms with Crippen LogP contribution in [0.25, 0.3) is 0 Å². The van der Waals surface area contributed by atoms with Crippen LogP contribution in [0.15, 0.2) is 48.5 Å². The first-order valence-corrected chi connectivity index (χ1v) is 10.8. The quantitative estimate of drug-likeness (QED) is 0.408. The number of carbonyl (C=O) groups excluding carboxylic acids is 4. The maximum absolute atomic E-state index is 12.8. The number of carbonyl (C=O) groups is 4. The van der Waals surface area contributed by atoms with E-state index in [-0.39, 0.29) is 36.5 Å². The maximum atomic E-state index is 12.8. The number of rotatable bonds is 7. The van der Waals surface area contributed by atoms with E-state index in [1.807, 2.05) is 19.1 Å². The molecule has 0 aliphatic carbocycles. The molecule has 3 rings (SSSR count). The summed E-state index contributed by atoms with van der Waals surface area (Å²) in [5, 5.41) is 2.98. The molecule has 7 heteroatoms. The normalized spacial score (nSPS) is 14.0. The zero-order valence-corrected chi connectivity index (χ0v) is 18.4. The van der Waals surface area contributed by atoms with Crippen LogP contribution in [0, 0.1) is 6.92 Å². The number of hydrogen-bond donors (Lipinski definition) is 1. The van der Waals surface area contributed by atoms with Crippen LogP contribution in [0.5, 0.6) is 5.75 Å². The van der Waals surface area contributed by atoms with E-state index in [1.165, 1.54) is 6.92 Å². The molecule has 1 fully saturated rings. The first-order chi connectivity index (χ1) is 15.3. The number of ketones is 1. The van der Waals surface area contributed by atoms with Gasteiger partial charge in [0.1, 0.15) is 5.75 Å². The number of Topliss-reactive ketones (excluding diaryl/α,β-unsaturated/α-hetero) is 1. The number of amides is 2. The van der Waals surface area contributed by atoms with Gasteiger partial charge in [0.25, 0.3) is 5.91 Å². The number of hydrogen-bond acceptors (Lipinski definition) is 5. The van der Waals surface area contributed by atoms with E-state index in [1.54, 1.807) is 41.3 Å². The standard InChI is InChI=1S/C25H28N2O5/c1-17-6-8-19(9-7-17)23(29)10-11-24(30)26-21-12-14-27(15-13-21)25(31)20-4-3-5-22(16-20)32-18(2)28/h3-9,16,21H,10-15H2,1-2H3,(H,26,30). The number of ether oxygens (including phenoxy) is 1. The fraction of sp³-hybridized carbons (Fsp3) is 0.360. The lowest BCUT2D eigenvalue weighted by Crippen LogP contribution is -2.46. The molecule has 0 atom stereocenters. The average Bonchev–Trinajstić information content (AvgIpc) is 2.78. The Bertz CT molecular complexity index is 992. The number of esters is 1. The van der Waals surface area contributed by atoms with Gasteiger partial charge in [-0.15, -0.1) is 0 Å². The monoisotopic (exact) mass is 436 g/mol. The Balaban J connectivity index is 1.43. The van der Waals surface area contributed by atoms with Crippen molar-refractivity contribution in [1.29, 1.82) is 0 Å². The van der Waals surface area contributed by atoms with Crippen molar-refractivity contribution < 1.29 is 23.9 Å². The van der Waals surface area contributed by atoms with E-state index in [0.29, 0.717) is 42.8 Å². The number of nitrogens with zero attached hydrogens (tertiary/aromatic N) is 1. The minimum atomic E-state index is -0.438. The molecule has 0 radical (unpaired) electrons. The fourth-order valence-corrected chi connectivity index (χ4v) is 3.68. The number of piperidine rings is 1. The Morgan fingerprint density at radius 3 is 2.31 bits per heavy atom. The summed E-state index contributed by atoms with van der Waals surface area (Å²) in [5.74, 6) is -0.425. The van der Waals surface area contributed by atoms with Crippen molar-refractivity contribution in [2.45, 2.75) is 45.6 Å². The molecule has 1 N–H and O–H groups in total. The van der Waals surface area contributed by atoms with E-state index in [0.717, 1.165) is 5.56 Å². The van der Waals surface area contributed by atoms with E-state index >= 15 is 0 Å². The number of likely N-dealkylation sites (tertiary alicyclic amines) is 1. The Morgan fingerprint density at radius 2 is 1.66 bits per heavy atom. The van der Waals surface area contributed by atoms with Crippen LogP contribution in [0.1, 0.15) is 58.9 Å². The van der Waals surface area contributed by atoms with Gasteiger partial charge in [-0.3, -0.25) is 19.2 Å². The second kappa shape index (κ2) is 10.7. The fourth-order valence-electron chi connectivity index (χ4n) is 3.68. The van der Waals surface area contributed by atoms with Gasteiger partial charge in [-0.05, 0) is 38.0 Å². The predicted molar refractivity (Wildman–Crippen MR) is 120 cm³/mol. The Labute approximate surface area is 187 Å². The van der Waals surface area contributed by atoms with E-state index in [4.69, 9.17) is 4.74 Å². The topological polar surface area (TPSA) is 92.8 Å². The zero-order valence-electron chi connectivity index (χ0n) is 18.4. The first kappa shape index (κ1) is 23.2. The Hall–Kier alpha value is -3.48. The summed E-state index contributed by atoms with van der Waals surface area (Å²) in [4.78, 5) is 50.1. The van der Waals surface area contributed by atoms with Gasteiger partial charge in [-0.1, -0.05) is 35.9 Å². The molecule has 0 aromatic heterocycles. The zero-order chi connectivity index (χ0) is 23.1. The van der Waals surface area contributed by atoms with Gasteiger partial charge in [0.15, 0.2) is 5.78 Å². The lowest BCUT2D eigenvalue weighted by Gasteiger charge is -2.32. The molecule has 0 bridgehead atoms. The first-order valence-electron chi connectivity index (χ1n) is 10.8. The third-order valence-corrected chi connectivity index (χ3v) is 5.44. The highest BCUT2D eigenvalue weighted by atomic mass is 16.5. The highest BCUT2D eigenvalue weighted by Gasteiger charge is 2.25. The van der Waals surface area contributed by atoms with Gasteiger partial charge in [0.05, 0.1) is 0 Å². The minimum absolute atomic E-state index is 0.0200. The highest BCUT2D eigenvalue weighted by molar-refractivity contribution is 5.98. The third-order valence-electron chi connectivity index (χ3n) is 5.44. The third kappa shape index (κ3) is 6.51. The molecule has 1 heterocycles. The molecule has 32 heavy (non-hydrogen) atoms. The van der Waals surface area contributed by atoms with Crippen molar-refractivity contribution in [3.63, 3.8) is 0 Å². The van der Waals surface area contributed by atoms with Crippen molar-refractivity contribution >= 4 is 23.6 Å². The van der Waals surface area contributed by atoms with Gasteiger partial charge in [-0.2, -0.15) is 0 Å². The Morgan fingerprint density at radius 1 is 0.969 bits per heavy atom. The van der Waals surface area contributed by atoms with Gasteiger partial charge >= 0.3 is 5.97 Å². The lowest BCUT2D eigenvalue weighted by atomic mass is 10.0. The van der Waals surface area contributed by atoms with Crippen LogP contribution < -0.4 is 10.1 Å². The summed E-state index contributed by atoms with van der Waals surface area (Å²) in [6.45, 7) is 4.31. The second-order valence-electron chi connectivity index (χ2n) is 8.04. The molecule has 2 amide bonds. The number of benzene rings is 2. The molecule has 0 unspecified atom stereocenters. The second-order valence-corrected chi connectivity index (χ2v) is 8.04. The molecule has 1 saturated heterocycles. The van der Waals surface area contributed by atoms with Crippen LogP contribution in [-0.4, -0.2) is 47.6 Å². The van der Waals surface area contributed by atoms with E-state index < -0.39 is 5.97 Å². The Kier molecular flexibility index (Phi) is 7.76. The molecule has 2 aromatic carbocycles. The summed E-state index contributed by atoms with van der Waals surface area (Å²) >= 11 is 0. The summed E-state index contributed by atoms with van der Waals surface area (Å²) < 4.78 is 5.05. The molecule has 0 spiro atoms. The van der Waals surface area contributed by atoms with Gasteiger partial charge in [-0.25, -0.2) is 0 Å². The van der Waals surface area contributed by atoms with E-state index in [9.17, 15) is 19.2 Å². The minimum Gasteiger partial charge on any atom is -0.427 e. The van der Waals surface area contributed by atoms with Gasteiger partial charge in [0.2, 0.25) is 5.91 Å². The summed E-state index contributed by atoms with van der Waals surface area (Å²) in [6, 6.07) is 13.9. The molecule has 1 aliphatic rings. The van der Waals surface area contributed by atoms with Crippen LogP contribution in [0.2, 0.25) is 0 Å². The van der Waals surface area contributed by atoms with Crippen molar-refractivity contribution in [2.24, 2.45) is 0 Å². The SMILES string of the molecule is CC(=O)Oc1cccc(C(=O)N2CCC(NC(=O)CCC(=O)c3ccc(C)cc3)CC2)c1. The number of nitrogens with one attached hydrogen (secondary N) is 1. The summed E-state index contributed by atoms with van der Waals surface area (Å²) in [5.41, 5.74) is 2.16. The van der Waals surface area contributed by atoms with Crippen molar-refractivity contribution in [1.82, 2.24) is 10.2 Å². The predicted octanol–water partition coefficient (Wildman–Crippen LogP) is 3.30. The molecule has 2 aromatic rings. The maximum Gasteiger partial charge on any atom is 0.308 e. The number of aryl methyl sites for hydroxylation is 1. The van der Waals surface area contributed by atoms with Crippen molar-refractivity contribution in [2.75, 3.05) is 13.1 Å². The summed E-state index contributed by atoms with van der Waals surface area (Å²) in [7, 11) is 0. The van der Waals surface area contributed by atoms with Crippen molar-refractivity contribution in [3.8, 4) is 5.75 Å². The highest BCUT2D eigenvalue weighted by Crippen LogP contribution is 2.18. The van der Waals surface area contributed by atoms with E-state index in [2.05, 4.69) is 5.32 Å². The van der Waals surface area contributed by atoms with Crippen molar-refractivity contribution in [3.05, 3.63) is 65.2 Å². The average molecular weight is 437 g/mol. The molecule has 168 valence electrons. The van der Waals surface area contributed by atoms with Crippen LogP contribution in [0.3, 0.4) is 0 Å². The molecular formula is C25H28N2O5. The van der Waals surface area contributed by atoms with Gasteiger partial charge < -0.3 is 15.0 Å². The molecular weight excluding hydrogens is 408 g/mol. The molecule has 7 nitrogen and oxygen atoms in total. The van der Waals surface area contributed by atoms with Crippen LogP contribution in [-0.2, 0) is 9.59 Å². The largest absolute Gasteiger partial charge is 0.427 e.